The van der Waals surface area contributed by atoms with Crippen LogP contribution in [0.2, 0.25) is 0 Å². The molecule has 0 aliphatic carbocycles. The van der Waals surface area contributed by atoms with E-state index in [9.17, 15) is 4.79 Å². The van der Waals surface area contributed by atoms with Crippen molar-refractivity contribution in [2.45, 2.75) is 12.8 Å². The molecule has 4 heteroatoms. The second kappa shape index (κ2) is 6.72. The minimum absolute atomic E-state index is 0.119. The molecule has 0 saturated heterocycles. The number of carbonyl (C=O) groups excluding carboxylic acids is 1. The Morgan fingerprint density at radius 2 is 2.37 bits per heavy atom. The van der Waals surface area contributed by atoms with Crippen LogP contribution in [0.4, 0.5) is 0 Å². The van der Waals surface area contributed by atoms with Gasteiger partial charge in [0.1, 0.15) is 0 Å². The zero-order chi connectivity index (χ0) is 13.5. The molecule has 0 spiro atoms. The van der Waals surface area contributed by atoms with Gasteiger partial charge in [0.25, 0.3) is 5.91 Å². The van der Waals surface area contributed by atoms with Crippen LogP contribution in [0.25, 0.3) is 0 Å². The number of rotatable bonds is 4. The van der Waals surface area contributed by atoms with Gasteiger partial charge in [0.15, 0.2) is 0 Å². The first kappa shape index (κ1) is 13.3. The highest BCUT2D eigenvalue weighted by Gasteiger charge is 2.07. The van der Waals surface area contributed by atoms with E-state index in [4.69, 9.17) is 5.26 Å². The number of nitrogens with one attached hydrogen (secondary N) is 2. The van der Waals surface area contributed by atoms with Gasteiger partial charge in [-0.25, -0.2) is 0 Å². The maximum Gasteiger partial charge on any atom is 0.251 e. The van der Waals surface area contributed by atoms with Crippen LogP contribution in [0.5, 0.6) is 0 Å². The number of carbonyl (C=O) groups is 1. The van der Waals surface area contributed by atoms with Crippen LogP contribution in [0.3, 0.4) is 0 Å². The molecule has 1 heterocycles. The lowest BCUT2D eigenvalue weighted by molar-refractivity contribution is 0.0954. The first-order chi connectivity index (χ1) is 9.29. The van der Waals surface area contributed by atoms with Gasteiger partial charge in [-0.15, -0.1) is 0 Å². The number of amides is 1. The Hall–Kier alpha value is -2.12. The Morgan fingerprint density at radius 1 is 1.47 bits per heavy atom. The van der Waals surface area contributed by atoms with Crippen LogP contribution < -0.4 is 10.6 Å². The fraction of sp³-hybridized carbons (Fsp3) is 0.333. The fourth-order valence-corrected chi connectivity index (χ4v) is 2.07. The van der Waals surface area contributed by atoms with Gasteiger partial charge >= 0.3 is 0 Å². The first-order valence-electron chi connectivity index (χ1n) is 6.46. The van der Waals surface area contributed by atoms with Gasteiger partial charge in [0.2, 0.25) is 0 Å². The second-order valence-corrected chi connectivity index (χ2v) is 4.52. The van der Waals surface area contributed by atoms with Crippen LogP contribution in [0, 0.1) is 11.3 Å². The van der Waals surface area contributed by atoms with Gasteiger partial charge in [-0.3, -0.25) is 4.79 Å². The Kier molecular flexibility index (Phi) is 4.71. The van der Waals surface area contributed by atoms with Gasteiger partial charge in [-0.05, 0) is 37.6 Å². The van der Waals surface area contributed by atoms with Crippen LogP contribution >= 0.6 is 0 Å². The Balaban J connectivity index is 1.84. The van der Waals surface area contributed by atoms with E-state index < -0.39 is 0 Å². The van der Waals surface area contributed by atoms with E-state index in [1.807, 2.05) is 6.07 Å². The predicted molar refractivity (Wildman–Crippen MR) is 73.7 cm³/mol. The number of hydrogen-bond acceptors (Lipinski definition) is 3. The number of hydrogen-bond donors (Lipinski definition) is 2. The molecule has 2 rings (SSSR count). The minimum Gasteiger partial charge on any atom is -0.352 e. The maximum absolute atomic E-state index is 11.9. The molecule has 4 nitrogen and oxygen atoms in total. The molecule has 0 saturated carbocycles. The Labute approximate surface area is 113 Å². The molecule has 0 unspecified atom stereocenters. The van der Waals surface area contributed by atoms with Crippen LogP contribution in [-0.2, 0) is 0 Å². The molecule has 0 bridgehead atoms. The normalized spacial score (nSPS) is 14.4. The lowest BCUT2D eigenvalue weighted by Crippen LogP contribution is -2.26. The molecular formula is C15H17N3O. The molecule has 19 heavy (non-hydrogen) atoms. The summed E-state index contributed by atoms with van der Waals surface area (Å²) in [5, 5.41) is 14.9. The van der Waals surface area contributed by atoms with E-state index in [0.717, 1.165) is 25.9 Å². The van der Waals surface area contributed by atoms with E-state index in [-0.39, 0.29) is 5.91 Å². The summed E-state index contributed by atoms with van der Waals surface area (Å²) in [6, 6.07) is 8.78. The van der Waals surface area contributed by atoms with E-state index >= 15 is 0 Å². The fourth-order valence-electron chi connectivity index (χ4n) is 2.07. The topological polar surface area (TPSA) is 64.9 Å². The predicted octanol–water partition coefficient (Wildman–Crippen LogP) is 1.60. The number of nitrogens with zero attached hydrogens (tertiary/aromatic N) is 1. The van der Waals surface area contributed by atoms with Gasteiger partial charge in [0.05, 0.1) is 11.6 Å². The van der Waals surface area contributed by atoms with Crippen molar-refractivity contribution in [2.75, 3.05) is 19.6 Å². The van der Waals surface area contributed by atoms with Crippen molar-refractivity contribution in [1.82, 2.24) is 10.6 Å². The van der Waals surface area contributed by atoms with Crippen LogP contribution in [-0.4, -0.2) is 25.5 Å². The molecule has 1 amide bonds. The third kappa shape index (κ3) is 3.94. The average Bonchev–Trinajstić information content (AvgIpc) is 2.48. The highest BCUT2D eigenvalue weighted by Crippen LogP contribution is 2.08. The Morgan fingerprint density at radius 3 is 3.11 bits per heavy atom. The van der Waals surface area contributed by atoms with Crippen molar-refractivity contribution in [1.29, 1.82) is 5.26 Å². The average molecular weight is 255 g/mol. The summed E-state index contributed by atoms with van der Waals surface area (Å²) in [4.78, 5) is 11.9. The van der Waals surface area contributed by atoms with Crippen LogP contribution in [0.15, 0.2) is 35.9 Å². The zero-order valence-corrected chi connectivity index (χ0v) is 10.8. The molecule has 2 N–H and O–H groups in total. The van der Waals surface area contributed by atoms with E-state index in [2.05, 4.69) is 16.7 Å². The molecule has 1 aliphatic rings. The third-order valence-electron chi connectivity index (χ3n) is 3.14. The van der Waals surface area contributed by atoms with Gasteiger partial charge in [-0.2, -0.15) is 5.26 Å². The molecule has 0 fully saturated rings. The summed E-state index contributed by atoms with van der Waals surface area (Å²) < 4.78 is 0. The molecule has 1 aromatic carbocycles. The second-order valence-electron chi connectivity index (χ2n) is 4.52. The summed E-state index contributed by atoms with van der Waals surface area (Å²) in [5.74, 6) is -0.119. The molecule has 1 aromatic rings. The van der Waals surface area contributed by atoms with Crippen molar-refractivity contribution in [3.63, 3.8) is 0 Å². The largest absolute Gasteiger partial charge is 0.352 e. The summed E-state index contributed by atoms with van der Waals surface area (Å²) in [6.45, 7) is 2.58. The Bertz CT molecular complexity index is 528. The molecular weight excluding hydrogens is 238 g/mol. The lowest BCUT2D eigenvalue weighted by Gasteiger charge is -2.14. The molecule has 0 radical (unpaired) electrons. The van der Waals surface area contributed by atoms with Crippen molar-refractivity contribution in [3.05, 3.63) is 47.0 Å². The molecule has 98 valence electrons. The minimum atomic E-state index is -0.119. The van der Waals surface area contributed by atoms with E-state index in [1.54, 1.807) is 24.3 Å². The van der Waals surface area contributed by atoms with E-state index in [0.29, 0.717) is 17.7 Å². The molecule has 0 atom stereocenters. The van der Waals surface area contributed by atoms with Crippen molar-refractivity contribution in [2.24, 2.45) is 0 Å². The first-order valence-corrected chi connectivity index (χ1v) is 6.46. The van der Waals surface area contributed by atoms with Gasteiger partial charge in [0, 0.05) is 18.7 Å². The summed E-state index contributed by atoms with van der Waals surface area (Å²) in [5.41, 5.74) is 2.44. The SMILES string of the molecule is N#Cc1cccc(C(=O)NCCC2=CCNCC2)c1. The summed E-state index contributed by atoms with van der Waals surface area (Å²) >= 11 is 0. The van der Waals surface area contributed by atoms with Crippen LogP contribution in [0.1, 0.15) is 28.8 Å². The van der Waals surface area contributed by atoms with Gasteiger partial charge < -0.3 is 10.6 Å². The standard InChI is InChI=1S/C15H17N3O/c16-11-13-2-1-3-14(10-13)15(19)18-9-6-12-4-7-17-8-5-12/h1-4,10,17H,5-9H2,(H,18,19). The molecule has 1 aliphatic heterocycles. The molecule has 0 aromatic heterocycles. The summed E-state index contributed by atoms with van der Waals surface area (Å²) in [6.07, 6.45) is 4.14. The van der Waals surface area contributed by atoms with Crippen molar-refractivity contribution >= 4 is 5.91 Å². The zero-order valence-electron chi connectivity index (χ0n) is 10.8. The van der Waals surface area contributed by atoms with Crippen molar-refractivity contribution < 1.29 is 4.79 Å². The maximum atomic E-state index is 11.9. The quantitative estimate of drug-likeness (QED) is 0.803. The smallest absolute Gasteiger partial charge is 0.251 e. The third-order valence-corrected chi connectivity index (χ3v) is 3.14. The number of benzene rings is 1. The number of nitriles is 1. The highest BCUT2D eigenvalue weighted by molar-refractivity contribution is 5.94. The summed E-state index contributed by atoms with van der Waals surface area (Å²) in [7, 11) is 0. The monoisotopic (exact) mass is 255 g/mol. The van der Waals surface area contributed by atoms with Gasteiger partial charge in [-0.1, -0.05) is 17.7 Å². The highest BCUT2D eigenvalue weighted by atomic mass is 16.1. The van der Waals surface area contributed by atoms with Crippen molar-refractivity contribution in [3.8, 4) is 6.07 Å². The lowest BCUT2D eigenvalue weighted by atomic mass is 10.1. The van der Waals surface area contributed by atoms with E-state index in [1.165, 1.54) is 5.57 Å².